The number of carbonyl (C=O) groups is 2. The van der Waals surface area contributed by atoms with E-state index in [-0.39, 0.29) is 12.5 Å². The summed E-state index contributed by atoms with van der Waals surface area (Å²) in [6.07, 6.45) is 0.976. The minimum atomic E-state index is -0.937. The summed E-state index contributed by atoms with van der Waals surface area (Å²) in [7, 11) is 1.51. The Morgan fingerprint density at radius 2 is 2.10 bits per heavy atom. The predicted molar refractivity (Wildman–Crippen MR) is 79.3 cm³/mol. The second kappa shape index (κ2) is 5.85. The van der Waals surface area contributed by atoms with Crippen LogP contribution >= 0.6 is 0 Å². The molecule has 0 bridgehead atoms. The van der Waals surface area contributed by atoms with Crippen molar-refractivity contribution in [2.24, 2.45) is 5.92 Å². The van der Waals surface area contributed by atoms with Crippen LogP contribution in [0.4, 0.5) is 5.69 Å². The Balaban J connectivity index is 2.42. The first kappa shape index (κ1) is 15.5. The van der Waals surface area contributed by atoms with Crippen LogP contribution in [0.1, 0.15) is 25.8 Å². The van der Waals surface area contributed by atoms with E-state index < -0.39 is 17.5 Å². The number of fused-ring (bicyclic) bond motifs is 1. The Kier molecular flexibility index (Phi) is 4.32. The molecular weight excluding hydrogens is 270 g/mol. The number of carboxylic acid groups (broad SMARTS) is 1. The molecule has 5 heteroatoms. The lowest BCUT2D eigenvalue weighted by atomic mass is 9.90. The standard InChI is InChI=1S/C16H21NO4/c1-4-16(2,21-3)15(20)17-10-12(14(18)19)9-11-7-5-6-8-13(11)17/h5-8,12H,4,9-10H2,1-3H3,(H,18,19). The molecule has 2 unspecified atom stereocenters. The molecule has 0 saturated heterocycles. The van der Waals surface area contributed by atoms with Crippen molar-refractivity contribution < 1.29 is 19.4 Å². The minimum absolute atomic E-state index is 0.185. The van der Waals surface area contributed by atoms with Crippen LogP contribution in [0.25, 0.3) is 0 Å². The third-order valence-corrected chi connectivity index (χ3v) is 4.32. The van der Waals surface area contributed by atoms with Gasteiger partial charge in [0.2, 0.25) is 0 Å². The van der Waals surface area contributed by atoms with Crippen molar-refractivity contribution >= 4 is 17.6 Å². The maximum Gasteiger partial charge on any atom is 0.308 e. The maximum atomic E-state index is 12.8. The second-order valence-corrected chi connectivity index (χ2v) is 5.57. The lowest BCUT2D eigenvalue weighted by Crippen LogP contribution is -2.52. The van der Waals surface area contributed by atoms with Gasteiger partial charge < -0.3 is 14.7 Å². The summed E-state index contributed by atoms with van der Waals surface area (Å²) in [6.45, 7) is 3.80. The van der Waals surface area contributed by atoms with Crippen molar-refractivity contribution in [1.29, 1.82) is 0 Å². The molecule has 1 aromatic carbocycles. The van der Waals surface area contributed by atoms with E-state index in [0.717, 1.165) is 11.3 Å². The normalized spacial score (nSPS) is 20.5. The van der Waals surface area contributed by atoms with E-state index in [1.165, 1.54) is 7.11 Å². The molecule has 1 N–H and O–H groups in total. The summed E-state index contributed by atoms with van der Waals surface area (Å²) in [6, 6.07) is 7.45. The molecule has 1 aliphatic rings. The summed E-state index contributed by atoms with van der Waals surface area (Å²) in [4.78, 5) is 25.7. The third-order valence-electron chi connectivity index (χ3n) is 4.32. The zero-order valence-corrected chi connectivity index (χ0v) is 12.6. The maximum absolute atomic E-state index is 12.8. The summed E-state index contributed by atoms with van der Waals surface area (Å²) >= 11 is 0. The number of benzene rings is 1. The monoisotopic (exact) mass is 291 g/mol. The number of para-hydroxylation sites is 1. The van der Waals surface area contributed by atoms with Crippen LogP contribution in [0.5, 0.6) is 0 Å². The molecule has 0 radical (unpaired) electrons. The minimum Gasteiger partial charge on any atom is -0.481 e. The quantitative estimate of drug-likeness (QED) is 0.922. The SMILES string of the molecule is CCC(C)(OC)C(=O)N1CC(C(=O)O)Cc2ccccc21. The zero-order valence-electron chi connectivity index (χ0n) is 12.6. The van der Waals surface area contributed by atoms with Crippen molar-refractivity contribution in [3.8, 4) is 0 Å². The molecule has 0 fully saturated rings. The van der Waals surface area contributed by atoms with Crippen LogP contribution in [0.2, 0.25) is 0 Å². The number of hydrogen-bond acceptors (Lipinski definition) is 3. The lowest BCUT2D eigenvalue weighted by Gasteiger charge is -2.38. The second-order valence-electron chi connectivity index (χ2n) is 5.57. The lowest BCUT2D eigenvalue weighted by molar-refractivity contribution is -0.142. The van der Waals surface area contributed by atoms with Gasteiger partial charge in [-0.3, -0.25) is 9.59 Å². The Hall–Kier alpha value is -1.88. The van der Waals surface area contributed by atoms with Crippen molar-refractivity contribution in [3.05, 3.63) is 29.8 Å². The number of amides is 1. The number of rotatable bonds is 4. The molecule has 0 saturated carbocycles. The van der Waals surface area contributed by atoms with E-state index in [1.54, 1.807) is 11.8 Å². The highest BCUT2D eigenvalue weighted by atomic mass is 16.5. The van der Waals surface area contributed by atoms with Gasteiger partial charge in [-0.15, -0.1) is 0 Å². The van der Waals surface area contributed by atoms with E-state index in [2.05, 4.69) is 0 Å². The Labute approximate surface area is 124 Å². The Bertz CT molecular complexity index is 551. The van der Waals surface area contributed by atoms with Gasteiger partial charge in [-0.05, 0) is 31.4 Å². The van der Waals surface area contributed by atoms with Crippen LogP contribution in [0.15, 0.2) is 24.3 Å². The Morgan fingerprint density at radius 3 is 2.67 bits per heavy atom. The molecule has 1 amide bonds. The average Bonchev–Trinajstić information content (AvgIpc) is 2.52. The highest BCUT2D eigenvalue weighted by Gasteiger charge is 2.40. The van der Waals surface area contributed by atoms with Crippen LogP contribution in [-0.4, -0.2) is 36.2 Å². The van der Waals surface area contributed by atoms with Crippen molar-refractivity contribution in [2.75, 3.05) is 18.6 Å². The molecular formula is C16H21NO4. The fourth-order valence-electron chi connectivity index (χ4n) is 2.62. The van der Waals surface area contributed by atoms with E-state index in [0.29, 0.717) is 12.8 Å². The fourth-order valence-corrected chi connectivity index (χ4v) is 2.62. The van der Waals surface area contributed by atoms with Crippen molar-refractivity contribution in [1.82, 2.24) is 0 Å². The molecule has 5 nitrogen and oxygen atoms in total. The summed E-state index contributed by atoms with van der Waals surface area (Å²) < 4.78 is 5.37. The van der Waals surface area contributed by atoms with E-state index in [1.807, 2.05) is 31.2 Å². The molecule has 0 aliphatic carbocycles. The van der Waals surface area contributed by atoms with Crippen LogP contribution < -0.4 is 4.90 Å². The summed E-state index contributed by atoms with van der Waals surface area (Å²) in [5.41, 5.74) is 0.740. The van der Waals surface area contributed by atoms with E-state index in [9.17, 15) is 14.7 Å². The molecule has 21 heavy (non-hydrogen) atoms. The number of anilines is 1. The van der Waals surface area contributed by atoms with Crippen LogP contribution in [-0.2, 0) is 20.7 Å². The van der Waals surface area contributed by atoms with Gasteiger partial charge in [-0.1, -0.05) is 25.1 Å². The van der Waals surface area contributed by atoms with Gasteiger partial charge in [0.1, 0.15) is 5.60 Å². The molecule has 1 aliphatic heterocycles. The third kappa shape index (κ3) is 2.78. The molecule has 1 aromatic rings. The number of carboxylic acids is 1. The largest absolute Gasteiger partial charge is 0.481 e. The first-order valence-corrected chi connectivity index (χ1v) is 7.10. The predicted octanol–water partition coefficient (Wildman–Crippen LogP) is 2.09. The average molecular weight is 291 g/mol. The van der Waals surface area contributed by atoms with Gasteiger partial charge in [0.25, 0.3) is 5.91 Å². The van der Waals surface area contributed by atoms with E-state index >= 15 is 0 Å². The van der Waals surface area contributed by atoms with Crippen LogP contribution in [0.3, 0.4) is 0 Å². The zero-order chi connectivity index (χ0) is 15.6. The molecule has 2 rings (SSSR count). The van der Waals surface area contributed by atoms with Crippen molar-refractivity contribution in [2.45, 2.75) is 32.3 Å². The van der Waals surface area contributed by atoms with Gasteiger partial charge in [-0.25, -0.2) is 0 Å². The first-order chi connectivity index (χ1) is 9.92. The van der Waals surface area contributed by atoms with Gasteiger partial charge in [0.15, 0.2) is 0 Å². The number of carbonyl (C=O) groups excluding carboxylic acids is 1. The van der Waals surface area contributed by atoms with Gasteiger partial charge in [0, 0.05) is 19.3 Å². The topological polar surface area (TPSA) is 66.8 Å². The fraction of sp³-hybridized carbons (Fsp3) is 0.500. The number of aliphatic carboxylic acids is 1. The van der Waals surface area contributed by atoms with Gasteiger partial charge in [0.05, 0.1) is 5.92 Å². The Morgan fingerprint density at radius 1 is 1.43 bits per heavy atom. The number of nitrogens with zero attached hydrogens (tertiary/aromatic N) is 1. The van der Waals surface area contributed by atoms with Crippen molar-refractivity contribution in [3.63, 3.8) is 0 Å². The van der Waals surface area contributed by atoms with Gasteiger partial charge >= 0.3 is 5.97 Å². The van der Waals surface area contributed by atoms with Crippen LogP contribution in [0, 0.1) is 5.92 Å². The highest BCUT2D eigenvalue weighted by Crippen LogP contribution is 2.32. The first-order valence-electron chi connectivity index (χ1n) is 7.10. The summed E-state index contributed by atoms with van der Waals surface area (Å²) in [5.74, 6) is -1.65. The number of methoxy groups -OCH3 is 1. The van der Waals surface area contributed by atoms with E-state index in [4.69, 9.17) is 4.74 Å². The number of ether oxygens (including phenoxy) is 1. The molecule has 0 aromatic heterocycles. The molecule has 2 atom stereocenters. The molecule has 1 heterocycles. The molecule has 0 spiro atoms. The summed E-state index contributed by atoms with van der Waals surface area (Å²) in [5, 5.41) is 9.31. The highest BCUT2D eigenvalue weighted by molar-refractivity contribution is 6.01. The molecule has 114 valence electrons. The van der Waals surface area contributed by atoms with Gasteiger partial charge in [-0.2, -0.15) is 0 Å². The number of hydrogen-bond donors (Lipinski definition) is 1. The smallest absolute Gasteiger partial charge is 0.308 e.